The number of nitrogens with zero attached hydrogens (tertiary/aromatic N) is 2. The molecule has 0 amide bonds. The molecule has 1 N–H and O–H groups in total. The van der Waals surface area contributed by atoms with Crippen molar-refractivity contribution in [3.63, 3.8) is 0 Å². The normalized spacial score (nSPS) is 14.5. The number of rotatable bonds is 4. The second-order valence-electron chi connectivity index (χ2n) is 4.64. The minimum absolute atomic E-state index is 0.524. The minimum Gasteiger partial charge on any atom is -0.388 e. The van der Waals surface area contributed by atoms with Gasteiger partial charge in [0.2, 0.25) is 0 Å². The van der Waals surface area contributed by atoms with Gasteiger partial charge < -0.3 is 5.11 Å². The van der Waals surface area contributed by atoms with Gasteiger partial charge in [0, 0.05) is 11.8 Å². The van der Waals surface area contributed by atoms with Gasteiger partial charge in [-0.05, 0) is 18.9 Å². The van der Waals surface area contributed by atoms with Crippen molar-refractivity contribution in [3.8, 4) is 11.1 Å². The van der Waals surface area contributed by atoms with Crippen LogP contribution in [-0.2, 0) is 6.54 Å². The maximum absolute atomic E-state index is 10.00. The fourth-order valence-electron chi connectivity index (χ4n) is 1.69. The molecule has 1 unspecified atom stereocenters. The smallest absolute Gasteiger partial charge is 0.0812 e. The third-order valence-corrected chi connectivity index (χ3v) is 3.00. The molecule has 3 nitrogen and oxygen atoms in total. The third kappa shape index (κ3) is 2.94. The van der Waals surface area contributed by atoms with Crippen LogP contribution < -0.4 is 0 Å². The van der Waals surface area contributed by atoms with Gasteiger partial charge >= 0.3 is 0 Å². The molecule has 17 heavy (non-hydrogen) atoms. The van der Waals surface area contributed by atoms with E-state index < -0.39 is 5.60 Å². The topological polar surface area (TPSA) is 38.0 Å². The van der Waals surface area contributed by atoms with E-state index in [1.807, 2.05) is 44.4 Å². The van der Waals surface area contributed by atoms with E-state index in [-0.39, 0.29) is 0 Å². The van der Waals surface area contributed by atoms with Crippen LogP contribution in [0.5, 0.6) is 0 Å². The average Bonchev–Trinajstić information content (AvgIpc) is 2.78. The third-order valence-electron chi connectivity index (χ3n) is 3.00. The molecule has 0 aliphatic rings. The molecule has 0 aliphatic carbocycles. The van der Waals surface area contributed by atoms with Gasteiger partial charge in [0.1, 0.15) is 0 Å². The Bertz CT molecular complexity index is 474. The zero-order valence-electron chi connectivity index (χ0n) is 10.3. The van der Waals surface area contributed by atoms with Crippen LogP contribution in [0.4, 0.5) is 0 Å². The van der Waals surface area contributed by atoms with Crippen molar-refractivity contribution in [2.24, 2.45) is 0 Å². The van der Waals surface area contributed by atoms with E-state index in [0.717, 1.165) is 11.1 Å². The van der Waals surface area contributed by atoms with Gasteiger partial charge in [-0.15, -0.1) is 0 Å². The highest BCUT2D eigenvalue weighted by Crippen LogP contribution is 2.19. The summed E-state index contributed by atoms with van der Waals surface area (Å²) in [5.41, 5.74) is 1.53. The zero-order chi connectivity index (χ0) is 12.3. The second-order valence-corrected chi connectivity index (χ2v) is 4.64. The summed E-state index contributed by atoms with van der Waals surface area (Å²) in [5, 5.41) is 14.3. The Hall–Kier alpha value is -1.61. The number of aromatic nitrogens is 2. The van der Waals surface area contributed by atoms with Crippen molar-refractivity contribution in [3.05, 3.63) is 42.7 Å². The van der Waals surface area contributed by atoms with Crippen LogP contribution in [0.25, 0.3) is 11.1 Å². The van der Waals surface area contributed by atoms with E-state index in [9.17, 15) is 5.11 Å². The SMILES string of the molecule is CCC(C)(O)Cn1cc(-c2ccccc2)cn1. The standard InChI is InChI=1S/C14H18N2O/c1-3-14(2,17)11-16-10-13(9-15-16)12-7-5-4-6-8-12/h4-10,17H,3,11H2,1-2H3. The number of hydrogen-bond donors (Lipinski definition) is 1. The summed E-state index contributed by atoms with van der Waals surface area (Å²) in [7, 11) is 0. The highest BCUT2D eigenvalue weighted by molar-refractivity contribution is 5.61. The fraction of sp³-hybridized carbons (Fsp3) is 0.357. The summed E-state index contributed by atoms with van der Waals surface area (Å²) in [5.74, 6) is 0. The molecule has 0 aliphatic heterocycles. The van der Waals surface area contributed by atoms with Gasteiger partial charge in [0.05, 0.1) is 18.3 Å². The Morgan fingerprint density at radius 2 is 1.94 bits per heavy atom. The number of benzene rings is 1. The van der Waals surface area contributed by atoms with Crippen LogP contribution in [0.1, 0.15) is 20.3 Å². The first-order chi connectivity index (χ1) is 8.11. The Morgan fingerprint density at radius 1 is 1.24 bits per heavy atom. The molecule has 90 valence electrons. The Kier molecular flexibility index (Phi) is 3.29. The zero-order valence-corrected chi connectivity index (χ0v) is 10.3. The molecule has 1 aromatic carbocycles. The maximum Gasteiger partial charge on any atom is 0.0812 e. The average molecular weight is 230 g/mol. The van der Waals surface area contributed by atoms with Crippen molar-refractivity contribution in [1.29, 1.82) is 0 Å². The predicted octanol–water partition coefficient (Wildman–Crippen LogP) is 2.71. The van der Waals surface area contributed by atoms with Crippen molar-refractivity contribution >= 4 is 0 Å². The summed E-state index contributed by atoms with van der Waals surface area (Å²) < 4.78 is 1.80. The summed E-state index contributed by atoms with van der Waals surface area (Å²) >= 11 is 0. The molecule has 2 aromatic rings. The molecular weight excluding hydrogens is 212 g/mol. The fourth-order valence-corrected chi connectivity index (χ4v) is 1.69. The molecule has 1 atom stereocenters. The lowest BCUT2D eigenvalue weighted by Gasteiger charge is -2.20. The van der Waals surface area contributed by atoms with Crippen LogP contribution in [0, 0.1) is 0 Å². The van der Waals surface area contributed by atoms with Crippen LogP contribution in [-0.4, -0.2) is 20.5 Å². The molecule has 3 heteroatoms. The summed E-state index contributed by atoms with van der Waals surface area (Å²) in [6, 6.07) is 10.1. The lowest BCUT2D eigenvalue weighted by Crippen LogP contribution is -2.29. The van der Waals surface area contributed by atoms with Crippen molar-refractivity contribution in [2.45, 2.75) is 32.4 Å². The highest BCUT2D eigenvalue weighted by atomic mass is 16.3. The number of aliphatic hydroxyl groups is 1. The van der Waals surface area contributed by atoms with Gasteiger partial charge in [0.15, 0.2) is 0 Å². The van der Waals surface area contributed by atoms with E-state index in [0.29, 0.717) is 13.0 Å². The van der Waals surface area contributed by atoms with E-state index in [4.69, 9.17) is 0 Å². The van der Waals surface area contributed by atoms with Crippen molar-refractivity contribution in [1.82, 2.24) is 9.78 Å². The van der Waals surface area contributed by atoms with E-state index in [2.05, 4.69) is 17.2 Å². The molecule has 0 radical (unpaired) electrons. The first-order valence-electron chi connectivity index (χ1n) is 5.91. The van der Waals surface area contributed by atoms with Crippen molar-refractivity contribution < 1.29 is 5.11 Å². The molecule has 0 saturated heterocycles. The van der Waals surface area contributed by atoms with Gasteiger partial charge in [-0.3, -0.25) is 4.68 Å². The highest BCUT2D eigenvalue weighted by Gasteiger charge is 2.18. The lowest BCUT2D eigenvalue weighted by molar-refractivity contribution is 0.0345. The molecule has 0 bridgehead atoms. The van der Waals surface area contributed by atoms with E-state index in [1.165, 1.54) is 0 Å². The predicted molar refractivity (Wildman–Crippen MR) is 68.6 cm³/mol. The first-order valence-corrected chi connectivity index (χ1v) is 5.91. The van der Waals surface area contributed by atoms with Gasteiger partial charge in [0.25, 0.3) is 0 Å². The molecule has 1 aromatic heterocycles. The van der Waals surface area contributed by atoms with Crippen LogP contribution in [0.15, 0.2) is 42.7 Å². The van der Waals surface area contributed by atoms with Crippen LogP contribution in [0.3, 0.4) is 0 Å². The minimum atomic E-state index is -0.694. The molecule has 0 saturated carbocycles. The number of hydrogen-bond acceptors (Lipinski definition) is 2. The summed E-state index contributed by atoms with van der Waals surface area (Å²) in [4.78, 5) is 0. The van der Waals surface area contributed by atoms with Crippen LogP contribution >= 0.6 is 0 Å². The van der Waals surface area contributed by atoms with Gasteiger partial charge in [-0.1, -0.05) is 37.3 Å². The Labute approximate surface area is 102 Å². The monoisotopic (exact) mass is 230 g/mol. The molecule has 0 fully saturated rings. The van der Waals surface area contributed by atoms with Crippen LogP contribution in [0.2, 0.25) is 0 Å². The van der Waals surface area contributed by atoms with Gasteiger partial charge in [-0.2, -0.15) is 5.10 Å². The summed E-state index contributed by atoms with van der Waals surface area (Å²) in [6.07, 6.45) is 4.52. The quantitative estimate of drug-likeness (QED) is 0.877. The molecule has 0 spiro atoms. The van der Waals surface area contributed by atoms with E-state index >= 15 is 0 Å². The summed E-state index contributed by atoms with van der Waals surface area (Å²) in [6.45, 7) is 4.33. The first kappa shape index (κ1) is 11.9. The van der Waals surface area contributed by atoms with E-state index in [1.54, 1.807) is 4.68 Å². The lowest BCUT2D eigenvalue weighted by atomic mass is 10.0. The largest absolute Gasteiger partial charge is 0.388 e. The second kappa shape index (κ2) is 4.72. The molecule has 2 rings (SSSR count). The Morgan fingerprint density at radius 3 is 2.59 bits per heavy atom. The maximum atomic E-state index is 10.00. The van der Waals surface area contributed by atoms with Crippen molar-refractivity contribution in [2.75, 3.05) is 0 Å². The molecular formula is C14H18N2O. The van der Waals surface area contributed by atoms with Gasteiger partial charge in [-0.25, -0.2) is 0 Å². The Balaban J connectivity index is 2.17. The molecule has 1 heterocycles.